The third kappa shape index (κ3) is 4.07. The van der Waals surface area contributed by atoms with Crippen LogP contribution < -0.4 is 19.9 Å². The number of fused-ring (bicyclic) bond motifs is 2. The Morgan fingerprint density at radius 3 is 2.65 bits per heavy atom. The Balaban J connectivity index is 1.55. The summed E-state index contributed by atoms with van der Waals surface area (Å²) in [5, 5.41) is 0. The van der Waals surface area contributed by atoms with Crippen LogP contribution in [-0.2, 0) is 16.8 Å². The maximum Gasteiger partial charge on any atom is 0.257 e. The van der Waals surface area contributed by atoms with Crippen molar-refractivity contribution in [1.29, 1.82) is 0 Å². The third-order valence-electron chi connectivity index (χ3n) is 6.19. The highest BCUT2D eigenvalue weighted by Crippen LogP contribution is 2.46. The number of rotatable bonds is 6. The molecule has 166 valence electrons. The summed E-state index contributed by atoms with van der Waals surface area (Å²) >= 11 is 0. The smallest absolute Gasteiger partial charge is 0.257 e. The van der Waals surface area contributed by atoms with Crippen LogP contribution in [0.4, 0.5) is 0 Å². The van der Waals surface area contributed by atoms with Crippen molar-refractivity contribution in [3.8, 4) is 17.2 Å². The molecule has 0 aliphatic carbocycles. The van der Waals surface area contributed by atoms with Gasteiger partial charge in [-0.3, -0.25) is 4.79 Å². The summed E-state index contributed by atoms with van der Waals surface area (Å²) in [7, 11) is 3.28. The zero-order chi connectivity index (χ0) is 21.8. The van der Waals surface area contributed by atoms with E-state index in [0.717, 1.165) is 30.6 Å². The second kappa shape index (κ2) is 9.16. The summed E-state index contributed by atoms with van der Waals surface area (Å²) in [6.07, 6.45) is 2.33. The van der Waals surface area contributed by atoms with Crippen molar-refractivity contribution < 1.29 is 23.7 Å². The molecule has 1 spiro atoms. The Kier molecular flexibility index (Phi) is 6.34. The van der Waals surface area contributed by atoms with Crippen molar-refractivity contribution in [1.82, 2.24) is 4.90 Å². The van der Waals surface area contributed by atoms with Crippen molar-refractivity contribution >= 4 is 5.91 Å². The average molecular weight is 427 g/mol. The van der Waals surface area contributed by atoms with Gasteiger partial charge in [0.1, 0.15) is 29.5 Å². The molecule has 2 aromatic rings. The van der Waals surface area contributed by atoms with Crippen LogP contribution in [0.5, 0.6) is 17.2 Å². The van der Waals surface area contributed by atoms with E-state index in [1.165, 1.54) is 5.56 Å². The van der Waals surface area contributed by atoms with Gasteiger partial charge in [-0.1, -0.05) is 12.1 Å². The maximum absolute atomic E-state index is 13.3. The van der Waals surface area contributed by atoms with Crippen LogP contribution in [0, 0.1) is 0 Å². The number of piperidine rings is 1. The number of nitrogens with two attached hydrogens (primary N) is 1. The number of likely N-dealkylation sites (tertiary alicyclic amines) is 1. The molecule has 7 nitrogen and oxygen atoms in total. The second-order valence-corrected chi connectivity index (χ2v) is 7.88. The number of ether oxygens (including phenoxy) is 4. The Bertz CT molecular complexity index is 923. The number of carbonyl (C=O) groups excluding carboxylic acids is 1. The molecule has 0 saturated carbocycles. The van der Waals surface area contributed by atoms with Gasteiger partial charge in [-0.05, 0) is 43.0 Å². The fraction of sp³-hybridized carbons (Fsp3) is 0.458. The Labute approximate surface area is 183 Å². The van der Waals surface area contributed by atoms with Crippen molar-refractivity contribution in [2.45, 2.75) is 24.9 Å². The fourth-order valence-electron chi connectivity index (χ4n) is 4.63. The largest absolute Gasteiger partial charge is 0.497 e. The summed E-state index contributed by atoms with van der Waals surface area (Å²) in [5.41, 5.74) is 8.12. The first-order valence-corrected chi connectivity index (χ1v) is 10.7. The molecular formula is C24H30N2O5. The van der Waals surface area contributed by atoms with E-state index in [2.05, 4.69) is 6.07 Å². The molecule has 2 aromatic carbocycles. The van der Waals surface area contributed by atoms with Crippen molar-refractivity contribution in [2.24, 2.45) is 5.73 Å². The molecule has 2 heterocycles. The van der Waals surface area contributed by atoms with Crippen LogP contribution in [0.15, 0.2) is 36.4 Å². The van der Waals surface area contributed by atoms with Crippen molar-refractivity contribution in [3.63, 3.8) is 0 Å². The summed E-state index contributed by atoms with van der Waals surface area (Å²) in [6, 6.07) is 11.4. The molecule has 7 heteroatoms. The van der Waals surface area contributed by atoms with Crippen molar-refractivity contribution in [3.05, 3.63) is 53.1 Å². The van der Waals surface area contributed by atoms with Crippen LogP contribution in [0.1, 0.15) is 34.3 Å². The van der Waals surface area contributed by atoms with Crippen LogP contribution in [-0.4, -0.2) is 57.9 Å². The molecule has 1 fully saturated rings. The number of benzene rings is 2. The van der Waals surface area contributed by atoms with Gasteiger partial charge in [0.2, 0.25) is 0 Å². The van der Waals surface area contributed by atoms with E-state index in [-0.39, 0.29) is 5.91 Å². The highest BCUT2D eigenvalue weighted by Gasteiger charge is 2.43. The molecule has 2 N–H and O–H groups in total. The lowest BCUT2D eigenvalue weighted by Gasteiger charge is -2.45. The summed E-state index contributed by atoms with van der Waals surface area (Å²) in [5.74, 6) is 1.95. The molecule has 0 bridgehead atoms. The highest BCUT2D eigenvalue weighted by molar-refractivity contribution is 5.97. The lowest BCUT2D eigenvalue weighted by molar-refractivity contribution is -0.0946. The molecule has 0 aromatic heterocycles. The van der Waals surface area contributed by atoms with E-state index >= 15 is 0 Å². The van der Waals surface area contributed by atoms with Gasteiger partial charge in [-0.2, -0.15) is 0 Å². The van der Waals surface area contributed by atoms with E-state index in [1.807, 2.05) is 17.0 Å². The number of nitrogens with zero attached hydrogens (tertiary/aromatic N) is 1. The van der Waals surface area contributed by atoms with Gasteiger partial charge in [-0.15, -0.1) is 0 Å². The van der Waals surface area contributed by atoms with Gasteiger partial charge in [0.05, 0.1) is 26.4 Å². The number of carbonyl (C=O) groups is 1. The lowest BCUT2D eigenvalue weighted by Crippen LogP contribution is -2.48. The molecular weight excluding hydrogens is 396 g/mol. The summed E-state index contributed by atoms with van der Waals surface area (Å²) < 4.78 is 23.0. The predicted molar refractivity (Wildman–Crippen MR) is 117 cm³/mol. The maximum atomic E-state index is 13.3. The van der Waals surface area contributed by atoms with Gasteiger partial charge < -0.3 is 29.6 Å². The number of methoxy groups -OCH3 is 2. The minimum absolute atomic E-state index is 0.0550. The zero-order valence-corrected chi connectivity index (χ0v) is 18.2. The quantitative estimate of drug-likeness (QED) is 0.765. The van der Waals surface area contributed by atoms with Gasteiger partial charge in [0, 0.05) is 31.3 Å². The van der Waals surface area contributed by atoms with Gasteiger partial charge in [-0.25, -0.2) is 0 Å². The molecule has 1 amide bonds. The Hall–Kier alpha value is -2.77. The summed E-state index contributed by atoms with van der Waals surface area (Å²) in [6.45, 7) is 2.58. The van der Waals surface area contributed by atoms with Gasteiger partial charge in [0.25, 0.3) is 5.91 Å². The third-order valence-corrected chi connectivity index (χ3v) is 6.19. The number of amides is 1. The SMILES string of the molecule is COc1ccc(C(=O)N2CCC3(CC2)OCCc2cccc(OC)c23)c(OCCN)c1. The lowest BCUT2D eigenvalue weighted by atomic mass is 9.78. The first-order valence-electron chi connectivity index (χ1n) is 10.7. The second-order valence-electron chi connectivity index (χ2n) is 7.88. The average Bonchev–Trinajstić information content (AvgIpc) is 2.82. The van der Waals surface area contributed by atoms with E-state index in [4.69, 9.17) is 24.7 Å². The Morgan fingerprint density at radius 2 is 1.94 bits per heavy atom. The van der Waals surface area contributed by atoms with Crippen LogP contribution in [0.3, 0.4) is 0 Å². The number of hydrogen-bond acceptors (Lipinski definition) is 6. The molecule has 2 aliphatic heterocycles. The monoisotopic (exact) mass is 426 g/mol. The fourth-order valence-corrected chi connectivity index (χ4v) is 4.63. The molecule has 1 saturated heterocycles. The normalized spacial score (nSPS) is 17.2. The van der Waals surface area contributed by atoms with Crippen molar-refractivity contribution in [2.75, 3.05) is 47.1 Å². The van der Waals surface area contributed by atoms with Gasteiger partial charge >= 0.3 is 0 Å². The number of hydrogen-bond donors (Lipinski definition) is 1. The van der Waals surface area contributed by atoms with E-state index in [9.17, 15) is 4.79 Å². The van der Waals surface area contributed by atoms with Crippen LogP contribution >= 0.6 is 0 Å². The zero-order valence-electron chi connectivity index (χ0n) is 18.2. The standard InChI is InChI=1S/C24H30N2O5/c1-28-18-6-7-19(21(16-18)30-15-11-25)23(27)26-12-9-24(10-13-26)22-17(8-14-31-24)4-3-5-20(22)29-2/h3-7,16H,8-15,25H2,1-2H3. The predicted octanol–water partition coefficient (Wildman–Crippen LogP) is 2.75. The van der Waals surface area contributed by atoms with Crippen LogP contribution in [0.2, 0.25) is 0 Å². The first kappa shape index (κ1) is 21.5. The van der Waals surface area contributed by atoms with E-state index in [0.29, 0.717) is 49.9 Å². The topological polar surface area (TPSA) is 83.2 Å². The molecule has 2 aliphatic rings. The minimum atomic E-state index is -0.407. The summed E-state index contributed by atoms with van der Waals surface area (Å²) in [4.78, 5) is 15.2. The molecule has 31 heavy (non-hydrogen) atoms. The first-order chi connectivity index (χ1) is 15.1. The highest BCUT2D eigenvalue weighted by atomic mass is 16.5. The van der Waals surface area contributed by atoms with Crippen LogP contribution in [0.25, 0.3) is 0 Å². The Morgan fingerprint density at radius 1 is 1.13 bits per heavy atom. The van der Waals surface area contributed by atoms with E-state index in [1.54, 1.807) is 32.4 Å². The molecule has 0 unspecified atom stereocenters. The van der Waals surface area contributed by atoms with E-state index < -0.39 is 5.60 Å². The molecule has 4 rings (SSSR count). The molecule has 0 radical (unpaired) electrons. The minimum Gasteiger partial charge on any atom is -0.497 e. The molecule has 0 atom stereocenters. The van der Waals surface area contributed by atoms with Gasteiger partial charge in [0.15, 0.2) is 0 Å².